The van der Waals surface area contributed by atoms with Gasteiger partial charge in [-0.2, -0.15) is 0 Å². The van der Waals surface area contributed by atoms with Gasteiger partial charge in [0.1, 0.15) is 0 Å². The van der Waals surface area contributed by atoms with E-state index in [0.717, 1.165) is 13.1 Å². The van der Waals surface area contributed by atoms with Gasteiger partial charge in [-0.1, -0.05) is 13.8 Å². The van der Waals surface area contributed by atoms with E-state index in [1.54, 1.807) is 24.3 Å². The number of amides is 3. The Morgan fingerprint density at radius 2 is 1.70 bits per heavy atom. The summed E-state index contributed by atoms with van der Waals surface area (Å²) in [5.41, 5.74) is 6.28. The van der Waals surface area contributed by atoms with Crippen molar-refractivity contribution in [2.24, 2.45) is 17.6 Å². The van der Waals surface area contributed by atoms with Crippen molar-refractivity contribution < 1.29 is 9.59 Å². The largest absolute Gasteiger partial charge is 0.351 e. The minimum absolute atomic E-state index is 0.0500. The van der Waals surface area contributed by atoms with Crippen molar-refractivity contribution in [2.75, 3.05) is 18.4 Å². The van der Waals surface area contributed by atoms with Gasteiger partial charge < -0.3 is 16.0 Å². The fraction of sp³-hybridized carbons (Fsp3) is 0.467. The summed E-state index contributed by atoms with van der Waals surface area (Å²) in [6.45, 7) is 5.97. The van der Waals surface area contributed by atoms with Crippen molar-refractivity contribution in [3.05, 3.63) is 29.8 Å². The number of nitrogens with zero attached hydrogens (tertiary/aromatic N) is 1. The highest BCUT2D eigenvalue weighted by molar-refractivity contribution is 5.95. The molecule has 0 bridgehead atoms. The molecule has 1 aromatic carbocycles. The van der Waals surface area contributed by atoms with Gasteiger partial charge in [0.05, 0.1) is 0 Å². The third kappa shape index (κ3) is 3.50. The molecule has 1 aliphatic rings. The quantitative estimate of drug-likeness (QED) is 0.869. The number of rotatable bonds is 2. The molecule has 108 valence electrons. The number of urea groups is 1. The maximum atomic E-state index is 12.4. The molecule has 1 heterocycles. The van der Waals surface area contributed by atoms with Crippen LogP contribution in [0.2, 0.25) is 0 Å². The first kappa shape index (κ1) is 14.4. The Labute approximate surface area is 119 Å². The summed E-state index contributed by atoms with van der Waals surface area (Å²) in [5, 5.41) is 2.48. The number of nitrogens with one attached hydrogen (secondary N) is 1. The van der Waals surface area contributed by atoms with Crippen LogP contribution in [0.1, 0.15) is 30.6 Å². The van der Waals surface area contributed by atoms with Crippen LogP contribution in [0.25, 0.3) is 0 Å². The Balaban J connectivity index is 2.07. The van der Waals surface area contributed by atoms with E-state index in [1.807, 2.05) is 4.90 Å². The van der Waals surface area contributed by atoms with E-state index in [4.69, 9.17) is 5.73 Å². The molecule has 1 saturated heterocycles. The molecule has 1 aliphatic heterocycles. The second-order valence-electron chi connectivity index (χ2n) is 5.72. The number of anilines is 1. The minimum atomic E-state index is -0.609. The Morgan fingerprint density at radius 3 is 2.20 bits per heavy atom. The summed E-state index contributed by atoms with van der Waals surface area (Å²) >= 11 is 0. The van der Waals surface area contributed by atoms with Crippen LogP contribution in [0.4, 0.5) is 10.5 Å². The normalized spacial score (nSPS) is 22.4. The average Bonchev–Trinajstić information content (AvgIpc) is 2.37. The van der Waals surface area contributed by atoms with Gasteiger partial charge in [0.25, 0.3) is 5.91 Å². The zero-order chi connectivity index (χ0) is 14.7. The average molecular weight is 275 g/mol. The summed E-state index contributed by atoms with van der Waals surface area (Å²) < 4.78 is 0. The lowest BCUT2D eigenvalue weighted by molar-refractivity contribution is 0.0623. The number of nitrogens with two attached hydrogens (primary N) is 1. The van der Waals surface area contributed by atoms with Crippen molar-refractivity contribution >= 4 is 17.6 Å². The molecule has 2 rings (SSSR count). The first-order valence-corrected chi connectivity index (χ1v) is 6.91. The number of hydrogen-bond acceptors (Lipinski definition) is 2. The van der Waals surface area contributed by atoms with Crippen LogP contribution in [0.5, 0.6) is 0 Å². The van der Waals surface area contributed by atoms with Crippen LogP contribution < -0.4 is 11.1 Å². The highest BCUT2D eigenvalue weighted by Crippen LogP contribution is 2.22. The summed E-state index contributed by atoms with van der Waals surface area (Å²) in [6.07, 6.45) is 1.17. The van der Waals surface area contributed by atoms with Gasteiger partial charge >= 0.3 is 6.03 Å². The van der Waals surface area contributed by atoms with E-state index in [9.17, 15) is 9.59 Å². The second-order valence-corrected chi connectivity index (χ2v) is 5.72. The van der Waals surface area contributed by atoms with Crippen LogP contribution in [0.3, 0.4) is 0 Å². The van der Waals surface area contributed by atoms with Gasteiger partial charge in [-0.15, -0.1) is 0 Å². The molecule has 0 aliphatic carbocycles. The second kappa shape index (κ2) is 5.94. The van der Waals surface area contributed by atoms with Gasteiger partial charge in [-0.05, 0) is 42.5 Å². The molecule has 3 N–H and O–H groups in total. The van der Waals surface area contributed by atoms with E-state index in [-0.39, 0.29) is 5.91 Å². The summed E-state index contributed by atoms with van der Waals surface area (Å²) in [5.74, 6) is 1.13. The number of carbonyl (C=O) groups is 2. The maximum absolute atomic E-state index is 12.4. The van der Waals surface area contributed by atoms with Crippen LogP contribution in [0, 0.1) is 11.8 Å². The molecule has 5 nitrogen and oxygen atoms in total. The Kier molecular flexibility index (Phi) is 4.27. The molecule has 20 heavy (non-hydrogen) atoms. The van der Waals surface area contributed by atoms with Crippen molar-refractivity contribution in [1.29, 1.82) is 0 Å². The lowest BCUT2D eigenvalue weighted by atomic mass is 9.91. The van der Waals surface area contributed by atoms with Gasteiger partial charge in [-0.3, -0.25) is 4.79 Å². The number of benzene rings is 1. The molecule has 0 unspecified atom stereocenters. The molecule has 0 spiro atoms. The van der Waals surface area contributed by atoms with E-state index >= 15 is 0 Å². The van der Waals surface area contributed by atoms with E-state index in [2.05, 4.69) is 19.2 Å². The van der Waals surface area contributed by atoms with Crippen molar-refractivity contribution in [3.8, 4) is 0 Å². The first-order chi connectivity index (χ1) is 9.45. The van der Waals surface area contributed by atoms with Crippen molar-refractivity contribution in [1.82, 2.24) is 4.90 Å². The topological polar surface area (TPSA) is 75.4 Å². The van der Waals surface area contributed by atoms with Crippen LogP contribution in [0.15, 0.2) is 24.3 Å². The first-order valence-electron chi connectivity index (χ1n) is 6.91. The predicted octanol–water partition coefficient (Wildman–Crippen LogP) is 2.30. The van der Waals surface area contributed by atoms with Gasteiger partial charge in [0.15, 0.2) is 0 Å². The standard InChI is InChI=1S/C15H21N3O2/c1-10-7-11(2)9-18(8-10)14(19)12-3-5-13(6-4-12)17-15(16)20/h3-6,10-11H,7-9H2,1-2H3,(H3,16,17,20)/t10-,11+. The molecule has 5 heteroatoms. The fourth-order valence-corrected chi connectivity index (χ4v) is 2.85. The zero-order valence-corrected chi connectivity index (χ0v) is 11.9. The number of primary amides is 1. The molecule has 0 aromatic heterocycles. The molecule has 0 saturated carbocycles. The monoisotopic (exact) mass is 275 g/mol. The maximum Gasteiger partial charge on any atom is 0.316 e. The van der Waals surface area contributed by atoms with Crippen LogP contribution >= 0.6 is 0 Å². The highest BCUT2D eigenvalue weighted by Gasteiger charge is 2.25. The lowest BCUT2D eigenvalue weighted by Crippen LogP contribution is -2.42. The molecule has 3 amide bonds. The Bertz CT molecular complexity index is 488. The third-order valence-corrected chi connectivity index (χ3v) is 3.56. The predicted molar refractivity (Wildman–Crippen MR) is 78.5 cm³/mol. The fourth-order valence-electron chi connectivity index (χ4n) is 2.85. The van der Waals surface area contributed by atoms with Crippen LogP contribution in [-0.2, 0) is 0 Å². The van der Waals surface area contributed by atoms with Crippen molar-refractivity contribution in [2.45, 2.75) is 20.3 Å². The highest BCUT2D eigenvalue weighted by atomic mass is 16.2. The summed E-state index contributed by atoms with van der Waals surface area (Å²) in [4.78, 5) is 25.1. The van der Waals surface area contributed by atoms with Gasteiger partial charge in [0, 0.05) is 24.3 Å². The molecule has 0 radical (unpaired) electrons. The lowest BCUT2D eigenvalue weighted by Gasteiger charge is -2.35. The molecular weight excluding hydrogens is 254 g/mol. The van der Waals surface area contributed by atoms with Crippen LogP contribution in [-0.4, -0.2) is 29.9 Å². The number of likely N-dealkylation sites (tertiary alicyclic amines) is 1. The van der Waals surface area contributed by atoms with E-state index in [0.29, 0.717) is 23.1 Å². The molecule has 2 atom stereocenters. The van der Waals surface area contributed by atoms with Crippen molar-refractivity contribution in [3.63, 3.8) is 0 Å². The van der Waals surface area contributed by atoms with Gasteiger partial charge in [-0.25, -0.2) is 4.79 Å². The SMILES string of the molecule is C[C@@H]1C[C@H](C)CN(C(=O)c2ccc(NC(N)=O)cc2)C1. The minimum Gasteiger partial charge on any atom is -0.351 e. The molecule has 1 fully saturated rings. The number of piperidine rings is 1. The van der Waals surface area contributed by atoms with E-state index in [1.165, 1.54) is 6.42 Å². The summed E-state index contributed by atoms with van der Waals surface area (Å²) in [6, 6.07) is 6.21. The Morgan fingerprint density at radius 1 is 1.15 bits per heavy atom. The summed E-state index contributed by atoms with van der Waals surface area (Å²) in [7, 11) is 0. The zero-order valence-electron chi connectivity index (χ0n) is 11.9. The number of carbonyl (C=O) groups excluding carboxylic acids is 2. The molecular formula is C15H21N3O2. The smallest absolute Gasteiger partial charge is 0.316 e. The number of hydrogen-bond donors (Lipinski definition) is 2. The van der Waals surface area contributed by atoms with E-state index < -0.39 is 6.03 Å². The van der Waals surface area contributed by atoms with Gasteiger partial charge in [0.2, 0.25) is 0 Å². The molecule has 1 aromatic rings. The third-order valence-electron chi connectivity index (χ3n) is 3.56. The Hall–Kier alpha value is -2.04.